The smallest absolute Gasteiger partial charge is 0.325 e. The summed E-state index contributed by atoms with van der Waals surface area (Å²) in [4.78, 5) is 32.9. The van der Waals surface area contributed by atoms with Crippen LogP contribution in [0.4, 0.5) is 0 Å². The molecule has 2 fully saturated rings. The minimum atomic E-state index is -3.64. The number of methoxy groups -OCH3 is 1. The van der Waals surface area contributed by atoms with Crippen LogP contribution in [0.1, 0.15) is 26.2 Å². The Morgan fingerprint density at radius 2 is 1.70 bits per heavy atom. The van der Waals surface area contributed by atoms with Crippen molar-refractivity contribution in [2.75, 3.05) is 66.8 Å². The van der Waals surface area contributed by atoms with Gasteiger partial charge < -0.3 is 68.5 Å². The Kier molecular flexibility index (Phi) is 17.8. The molecule has 44 heavy (non-hydrogen) atoms. The predicted molar refractivity (Wildman–Crippen MR) is 154 cm³/mol. The summed E-state index contributed by atoms with van der Waals surface area (Å²) in [6.07, 6.45) is -5.14. The summed E-state index contributed by atoms with van der Waals surface area (Å²) < 4.78 is 55.3. The summed E-state index contributed by atoms with van der Waals surface area (Å²) in [5.74, 6) is -0.599. The van der Waals surface area contributed by atoms with Gasteiger partial charge >= 0.3 is 7.60 Å². The fourth-order valence-electron chi connectivity index (χ4n) is 4.73. The van der Waals surface area contributed by atoms with Gasteiger partial charge in [-0.1, -0.05) is 0 Å². The molecular weight excluding hydrogens is 610 g/mol. The van der Waals surface area contributed by atoms with Crippen LogP contribution in [0, 0.1) is 0 Å². The third-order valence-corrected chi connectivity index (χ3v) is 7.54. The molecule has 0 spiro atoms. The Balaban J connectivity index is 1.50. The lowest BCUT2D eigenvalue weighted by Crippen LogP contribution is -2.64. The monoisotopic (exact) mass is 658 g/mol. The van der Waals surface area contributed by atoms with Gasteiger partial charge in [0.1, 0.15) is 57.3 Å². The lowest BCUT2D eigenvalue weighted by atomic mass is 9.93. The highest BCUT2D eigenvalue weighted by atomic mass is 31.2. The average Bonchev–Trinajstić information content (AvgIpc) is 3.27. The zero-order valence-electron chi connectivity index (χ0n) is 25.7. The molecule has 0 aromatic rings. The van der Waals surface area contributed by atoms with Crippen LogP contribution < -0.4 is 10.6 Å². The van der Waals surface area contributed by atoms with Crippen molar-refractivity contribution in [3.63, 3.8) is 0 Å². The van der Waals surface area contributed by atoms with Crippen LogP contribution in [0.15, 0.2) is 0 Å². The van der Waals surface area contributed by atoms with Gasteiger partial charge in [-0.3, -0.25) is 14.2 Å². The van der Waals surface area contributed by atoms with Crippen LogP contribution in [-0.4, -0.2) is 162 Å². The van der Waals surface area contributed by atoms with Gasteiger partial charge in [0.2, 0.25) is 11.8 Å². The van der Waals surface area contributed by atoms with E-state index in [2.05, 4.69) is 10.6 Å². The zero-order valence-corrected chi connectivity index (χ0v) is 26.6. The number of hydrogen-bond acceptors (Lipinski definition) is 14. The van der Waals surface area contributed by atoms with Gasteiger partial charge in [0, 0.05) is 40.3 Å². The van der Waals surface area contributed by atoms with Gasteiger partial charge in [0.05, 0.1) is 39.0 Å². The summed E-state index contributed by atoms with van der Waals surface area (Å²) in [6.45, 7) is 3.00. The molecule has 2 saturated heterocycles. The second-order valence-electron chi connectivity index (χ2n) is 10.6. The maximum absolute atomic E-state index is 12.1. The quantitative estimate of drug-likeness (QED) is 0.0309. The number of hydrogen-bond donors (Lipinski definition) is 6. The van der Waals surface area contributed by atoms with Crippen LogP contribution in [0.3, 0.4) is 0 Å². The van der Waals surface area contributed by atoms with Crippen LogP contribution in [0.25, 0.3) is 0 Å². The van der Waals surface area contributed by atoms with Gasteiger partial charge in [0.25, 0.3) is 0 Å². The first-order chi connectivity index (χ1) is 20.9. The van der Waals surface area contributed by atoms with E-state index in [1.165, 1.54) is 14.0 Å². The minimum absolute atomic E-state index is 0.0345. The lowest BCUT2D eigenvalue weighted by Gasteiger charge is -2.42. The zero-order chi connectivity index (χ0) is 32.7. The Morgan fingerprint density at radius 1 is 0.977 bits per heavy atom. The van der Waals surface area contributed by atoms with Crippen molar-refractivity contribution in [3.05, 3.63) is 0 Å². The molecule has 0 aliphatic carbocycles. The maximum Gasteiger partial charge on any atom is 0.325 e. The van der Waals surface area contributed by atoms with E-state index in [0.717, 1.165) is 6.66 Å². The molecule has 19 heteroatoms. The third kappa shape index (κ3) is 13.6. The highest BCUT2D eigenvalue weighted by Gasteiger charge is 2.46. The van der Waals surface area contributed by atoms with Crippen LogP contribution in [-0.2, 0) is 51.8 Å². The van der Waals surface area contributed by atoms with E-state index in [1.807, 2.05) is 0 Å². The first-order valence-electron chi connectivity index (χ1n) is 14.6. The molecule has 2 heterocycles. The van der Waals surface area contributed by atoms with Crippen molar-refractivity contribution in [1.82, 2.24) is 10.6 Å². The fourth-order valence-corrected chi connectivity index (χ4v) is 5.15. The van der Waals surface area contributed by atoms with E-state index in [0.29, 0.717) is 19.4 Å². The number of carbonyl (C=O) groups excluding carboxylic acids is 2. The van der Waals surface area contributed by atoms with E-state index in [4.69, 9.17) is 37.7 Å². The largest absolute Gasteiger partial charge is 0.394 e. The SMILES string of the molecule is B[C@@H]1O[C@H](COP(C)(=O)O)[C@@H](OC)[C@H]1OCOCCOCCNC(=O)CCCCO[C@@H]1O[C@H](CO)[C@H](O)[C@H](O)[C@H]1NC(C)=O. The van der Waals surface area contributed by atoms with E-state index < -0.39 is 69.1 Å². The van der Waals surface area contributed by atoms with Gasteiger partial charge in [-0.05, 0) is 12.8 Å². The Labute approximate surface area is 258 Å². The molecule has 2 amide bonds. The molecule has 1 unspecified atom stereocenters. The van der Waals surface area contributed by atoms with Gasteiger partial charge in [0.15, 0.2) is 6.29 Å². The topological polar surface area (TPSA) is 230 Å². The second-order valence-corrected chi connectivity index (χ2v) is 12.4. The molecule has 0 radical (unpaired) electrons. The Morgan fingerprint density at radius 3 is 2.36 bits per heavy atom. The summed E-state index contributed by atoms with van der Waals surface area (Å²) in [5.41, 5.74) is 0. The molecule has 2 aliphatic heterocycles. The standard InChI is InChI=1S/C25H48BN2O15P/c1-15(30)28-19-21(33)20(32)16(12-29)43-25(19)39-8-5-4-6-18(31)27-7-9-37-10-11-38-14-40-23-22(36-2)17(42-24(23)26)13-41-44(3,34)35/h16-17,19-25,29,32-33H,4-14,26H2,1-3H3,(H,27,31)(H,28,30)(H,34,35)/t16-,17-,19-,20+,21-,22-,23-,24-,25-/m1/s1. The molecule has 2 rings (SSSR count). The van der Waals surface area contributed by atoms with Crippen LogP contribution in [0.2, 0.25) is 0 Å². The van der Waals surface area contributed by atoms with Crippen molar-refractivity contribution >= 4 is 27.3 Å². The van der Waals surface area contributed by atoms with E-state index >= 15 is 0 Å². The number of rotatable bonds is 21. The molecular formula is C25H48BN2O15P. The molecule has 0 aromatic carbocycles. The lowest BCUT2D eigenvalue weighted by molar-refractivity contribution is -0.270. The molecule has 2 aliphatic rings. The second kappa shape index (κ2) is 20.1. The number of carbonyl (C=O) groups is 2. The van der Waals surface area contributed by atoms with E-state index in [-0.39, 0.29) is 58.2 Å². The Hall–Kier alpha value is -1.25. The number of unbranched alkanes of at least 4 members (excludes halogenated alkanes) is 1. The summed E-state index contributed by atoms with van der Waals surface area (Å²) >= 11 is 0. The summed E-state index contributed by atoms with van der Waals surface area (Å²) in [7, 11) is -0.344. The number of aliphatic hydroxyl groups excluding tert-OH is 3. The molecule has 0 saturated carbocycles. The van der Waals surface area contributed by atoms with Crippen LogP contribution >= 0.6 is 7.60 Å². The first-order valence-corrected chi connectivity index (χ1v) is 16.6. The van der Waals surface area contributed by atoms with E-state index in [9.17, 15) is 34.4 Å². The van der Waals surface area contributed by atoms with Crippen molar-refractivity contribution in [1.29, 1.82) is 0 Å². The number of ether oxygens (including phenoxy) is 7. The fraction of sp³-hybridized carbons (Fsp3) is 0.920. The van der Waals surface area contributed by atoms with Crippen LogP contribution in [0.5, 0.6) is 0 Å². The van der Waals surface area contributed by atoms with Gasteiger partial charge in [-0.25, -0.2) is 0 Å². The molecule has 6 N–H and O–H groups in total. The minimum Gasteiger partial charge on any atom is -0.394 e. The van der Waals surface area contributed by atoms with Gasteiger partial charge in [-0.2, -0.15) is 0 Å². The maximum atomic E-state index is 12.1. The number of amides is 2. The molecule has 256 valence electrons. The van der Waals surface area contributed by atoms with Gasteiger partial charge in [-0.15, -0.1) is 0 Å². The molecule has 17 nitrogen and oxygen atoms in total. The summed E-state index contributed by atoms with van der Waals surface area (Å²) in [5, 5.41) is 34.9. The highest BCUT2D eigenvalue weighted by molar-refractivity contribution is 7.51. The van der Waals surface area contributed by atoms with Crippen molar-refractivity contribution in [2.24, 2.45) is 0 Å². The normalized spacial score (nSPS) is 31.8. The third-order valence-electron chi connectivity index (χ3n) is 6.91. The number of aliphatic hydroxyl groups is 3. The number of nitrogens with one attached hydrogen (secondary N) is 2. The average molecular weight is 658 g/mol. The van der Waals surface area contributed by atoms with E-state index in [1.54, 1.807) is 7.85 Å². The molecule has 10 atom stereocenters. The Bertz CT molecular complexity index is 902. The first kappa shape index (κ1) is 38.9. The highest BCUT2D eigenvalue weighted by Crippen LogP contribution is 2.38. The van der Waals surface area contributed by atoms with Crippen molar-refractivity contribution < 1.29 is 72.0 Å². The van der Waals surface area contributed by atoms with Crippen molar-refractivity contribution in [2.45, 2.75) is 81.1 Å². The predicted octanol–water partition coefficient (Wildman–Crippen LogP) is -3.19. The van der Waals surface area contributed by atoms with Crippen molar-refractivity contribution in [3.8, 4) is 0 Å². The molecule has 0 bridgehead atoms. The molecule has 0 aromatic heterocycles. The summed E-state index contributed by atoms with van der Waals surface area (Å²) in [6, 6.07) is -1.35.